The summed E-state index contributed by atoms with van der Waals surface area (Å²) >= 11 is 6.79. The van der Waals surface area contributed by atoms with Crippen LogP contribution >= 0.6 is 22.9 Å². The average molecular weight is 466 g/mol. The van der Waals surface area contributed by atoms with Gasteiger partial charge in [0.1, 0.15) is 15.5 Å². The van der Waals surface area contributed by atoms with Crippen LogP contribution in [-0.4, -0.2) is 25.4 Å². The van der Waals surface area contributed by atoms with Crippen molar-refractivity contribution in [1.82, 2.24) is 10.3 Å². The molecule has 0 saturated carbocycles. The first-order valence-electron chi connectivity index (χ1n) is 9.10. The summed E-state index contributed by atoms with van der Waals surface area (Å²) in [7, 11) is -3.77. The molecule has 3 aromatic rings. The van der Waals surface area contributed by atoms with E-state index in [4.69, 9.17) is 16.3 Å². The smallest absolute Gasteiger partial charge is 0.271 e. The molecule has 0 aliphatic carbocycles. The van der Waals surface area contributed by atoms with Gasteiger partial charge in [0.15, 0.2) is 0 Å². The zero-order chi connectivity index (χ0) is 21.7. The molecule has 30 heavy (non-hydrogen) atoms. The molecule has 10 heteroatoms. The normalized spacial score (nSPS) is 12.2. The molecule has 0 aliphatic heterocycles. The lowest BCUT2D eigenvalue weighted by molar-refractivity contribution is 0.0936. The topological polar surface area (TPSA) is 97.4 Å². The monoisotopic (exact) mass is 465 g/mol. The summed E-state index contributed by atoms with van der Waals surface area (Å²) in [4.78, 5) is 16.7. The van der Waals surface area contributed by atoms with E-state index in [1.807, 2.05) is 13.8 Å². The minimum atomic E-state index is -3.77. The summed E-state index contributed by atoms with van der Waals surface area (Å²) in [6.07, 6.45) is 2.31. The Balaban J connectivity index is 1.80. The van der Waals surface area contributed by atoms with Crippen molar-refractivity contribution in [2.45, 2.75) is 30.5 Å². The largest absolute Gasteiger partial charge is 0.438 e. The summed E-state index contributed by atoms with van der Waals surface area (Å²) in [5.74, 6) is 0.165. The van der Waals surface area contributed by atoms with Gasteiger partial charge in [-0.3, -0.25) is 9.52 Å². The molecule has 0 radical (unpaired) electrons. The predicted molar refractivity (Wildman–Crippen MR) is 118 cm³/mol. The average Bonchev–Trinajstić information content (AvgIpc) is 3.15. The molecular weight excluding hydrogens is 446 g/mol. The van der Waals surface area contributed by atoms with Crippen LogP contribution < -0.4 is 14.8 Å². The number of rotatable bonds is 8. The molecule has 2 aromatic heterocycles. The number of aromatic nitrogens is 1. The van der Waals surface area contributed by atoms with Crippen molar-refractivity contribution in [2.75, 3.05) is 4.72 Å². The third-order valence-electron chi connectivity index (χ3n) is 4.12. The Kier molecular flexibility index (Phi) is 6.96. The Hall–Kier alpha value is -2.62. The molecular formula is C20H20ClN3O4S2. The number of ether oxygens (including phenoxy) is 1. The number of thiophene rings is 1. The minimum Gasteiger partial charge on any atom is -0.438 e. The third kappa shape index (κ3) is 5.50. The summed E-state index contributed by atoms with van der Waals surface area (Å²) in [5, 5.41) is 2.87. The van der Waals surface area contributed by atoms with E-state index in [-0.39, 0.29) is 27.6 Å². The van der Waals surface area contributed by atoms with Crippen LogP contribution in [-0.2, 0) is 10.0 Å². The molecule has 7 nitrogen and oxygen atoms in total. The highest BCUT2D eigenvalue weighted by Gasteiger charge is 2.18. The van der Waals surface area contributed by atoms with Gasteiger partial charge in [-0.05, 0) is 49.7 Å². The fourth-order valence-electron chi connectivity index (χ4n) is 2.43. The lowest BCUT2D eigenvalue weighted by atomic mass is 10.2. The summed E-state index contributed by atoms with van der Waals surface area (Å²) < 4.78 is 33.7. The number of hydrogen-bond acceptors (Lipinski definition) is 6. The van der Waals surface area contributed by atoms with Crippen LogP contribution in [0.25, 0.3) is 0 Å². The van der Waals surface area contributed by atoms with Gasteiger partial charge in [-0.25, -0.2) is 13.4 Å². The van der Waals surface area contributed by atoms with Gasteiger partial charge >= 0.3 is 0 Å². The van der Waals surface area contributed by atoms with E-state index in [0.29, 0.717) is 15.8 Å². The van der Waals surface area contributed by atoms with Crippen LogP contribution in [0.5, 0.6) is 11.6 Å². The lowest BCUT2D eigenvalue weighted by Crippen LogP contribution is -2.32. The van der Waals surface area contributed by atoms with E-state index in [9.17, 15) is 13.2 Å². The second kappa shape index (κ2) is 9.46. The number of carbonyl (C=O) groups is 1. The van der Waals surface area contributed by atoms with Crippen LogP contribution in [0, 0.1) is 0 Å². The standard InChI is InChI=1S/C20H20ClN3O4S2/c1-3-13(2)23-19(25)16-8-5-11-22-20(16)28-15-7-4-6-14(12-15)24-30(26,27)18-10-9-17(21)29-18/h4-13,24H,3H2,1-2H3,(H,23,25)/t13-/m0/s1. The molecule has 3 rings (SSSR count). The number of pyridine rings is 1. The van der Waals surface area contributed by atoms with E-state index in [1.165, 1.54) is 24.4 Å². The first-order chi connectivity index (χ1) is 14.3. The van der Waals surface area contributed by atoms with Crippen molar-refractivity contribution >= 4 is 44.6 Å². The van der Waals surface area contributed by atoms with Crippen molar-refractivity contribution in [2.24, 2.45) is 0 Å². The maximum absolute atomic E-state index is 12.5. The van der Waals surface area contributed by atoms with Gasteiger partial charge in [0.25, 0.3) is 15.9 Å². The highest BCUT2D eigenvalue weighted by molar-refractivity contribution is 7.94. The molecule has 0 saturated heterocycles. The van der Waals surface area contributed by atoms with Crippen molar-refractivity contribution in [3.05, 3.63) is 64.6 Å². The fourth-order valence-corrected chi connectivity index (χ4v) is 4.96. The van der Waals surface area contributed by atoms with Crippen LogP contribution in [0.3, 0.4) is 0 Å². The lowest BCUT2D eigenvalue weighted by Gasteiger charge is -2.14. The number of benzene rings is 1. The highest BCUT2D eigenvalue weighted by Crippen LogP contribution is 2.29. The Morgan fingerprint density at radius 2 is 2.03 bits per heavy atom. The Morgan fingerprint density at radius 3 is 2.73 bits per heavy atom. The Morgan fingerprint density at radius 1 is 1.23 bits per heavy atom. The predicted octanol–water partition coefficient (Wildman–Crippen LogP) is 4.92. The molecule has 0 aliphatic rings. The molecule has 0 unspecified atom stereocenters. The number of nitrogens with one attached hydrogen (secondary N) is 2. The molecule has 1 atom stereocenters. The summed E-state index contributed by atoms with van der Waals surface area (Å²) in [6.45, 7) is 3.88. The van der Waals surface area contributed by atoms with Gasteiger partial charge in [-0.15, -0.1) is 11.3 Å². The molecule has 0 bridgehead atoms. The van der Waals surface area contributed by atoms with Crippen molar-refractivity contribution in [3.8, 4) is 11.6 Å². The van der Waals surface area contributed by atoms with E-state index in [2.05, 4.69) is 15.0 Å². The second-order valence-corrected chi connectivity index (χ2v) is 10.1. The molecule has 1 aromatic carbocycles. The third-order valence-corrected chi connectivity index (χ3v) is 7.22. The minimum absolute atomic E-state index is 0.00838. The van der Waals surface area contributed by atoms with Crippen LogP contribution in [0.4, 0.5) is 5.69 Å². The second-order valence-electron chi connectivity index (χ2n) is 6.43. The van der Waals surface area contributed by atoms with Crippen LogP contribution in [0.1, 0.15) is 30.6 Å². The number of sulfonamides is 1. The maximum Gasteiger partial charge on any atom is 0.271 e. The fraction of sp³-hybridized carbons (Fsp3) is 0.200. The quantitative estimate of drug-likeness (QED) is 0.492. The number of hydrogen-bond donors (Lipinski definition) is 2. The van der Waals surface area contributed by atoms with Gasteiger partial charge in [-0.2, -0.15) is 0 Å². The van der Waals surface area contributed by atoms with Gasteiger partial charge in [0.05, 0.1) is 10.0 Å². The van der Waals surface area contributed by atoms with Crippen molar-refractivity contribution < 1.29 is 17.9 Å². The zero-order valence-corrected chi connectivity index (χ0v) is 18.6. The number of amides is 1. The Labute approximate surface area is 184 Å². The number of halogens is 1. The highest BCUT2D eigenvalue weighted by atomic mass is 35.5. The van der Waals surface area contributed by atoms with E-state index in [0.717, 1.165) is 17.8 Å². The molecule has 0 spiro atoms. The van der Waals surface area contributed by atoms with Crippen molar-refractivity contribution in [3.63, 3.8) is 0 Å². The first-order valence-corrected chi connectivity index (χ1v) is 11.8. The van der Waals surface area contributed by atoms with Crippen molar-refractivity contribution in [1.29, 1.82) is 0 Å². The van der Waals surface area contributed by atoms with E-state index < -0.39 is 10.0 Å². The number of nitrogens with zero attached hydrogens (tertiary/aromatic N) is 1. The maximum atomic E-state index is 12.5. The number of carbonyl (C=O) groups excluding carboxylic acids is 1. The van der Waals surface area contributed by atoms with Gasteiger partial charge in [0.2, 0.25) is 5.88 Å². The molecule has 2 N–H and O–H groups in total. The van der Waals surface area contributed by atoms with Gasteiger partial charge < -0.3 is 10.1 Å². The summed E-state index contributed by atoms with van der Waals surface area (Å²) in [6, 6.07) is 12.6. The van der Waals surface area contributed by atoms with Crippen LogP contribution in [0.2, 0.25) is 4.34 Å². The van der Waals surface area contributed by atoms with Gasteiger partial charge in [-0.1, -0.05) is 24.6 Å². The molecule has 0 fully saturated rings. The first kappa shape index (κ1) is 22.1. The molecule has 2 heterocycles. The molecule has 1 amide bonds. The Bertz CT molecular complexity index is 1150. The summed E-state index contributed by atoms with van der Waals surface area (Å²) in [5.41, 5.74) is 0.593. The van der Waals surface area contributed by atoms with E-state index >= 15 is 0 Å². The zero-order valence-electron chi connectivity index (χ0n) is 16.3. The van der Waals surface area contributed by atoms with Crippen LogP contribution in [0.15, 0.2) is 58.9 Å². The number of anilines is 1. The SMILES string of the molecule is CC[C@H](C)NC(=O)c1cccnc1Oc1cccc(NS(=O)(=O)c2ccc(Cl)s2)c1. The van der Waals surface area contributed by atoms with E-state index in [1.54, 1.807) is 30.3 Å². The van der Waals surface area contributed by atoms with Gasteiger partial charge in [0, 0.05) is 18.3 Å². The molecule has 158 valence electrons.